The minimum Gasteiger partial charge on any atom is -0.395 e. The average Bonchev–Trinajstić information content (AvgIpc) is 3.03. The number of aromatic nitrogens is 1. The fraction of sp³-hybridized carbons (Fsp3) is 0.727. The third-order valence-corrected chi connectivity index (χ3v) is 4.03. The summed E-state index contributed by atoms with van der Waals surface area (Å²) in [6, 6.07) is 0.708. The summed E-state index contributed by atoms with van der Waals surface area (Å²) in [4.78, 5) is 6.80. The molecule has 5 heteroatoms. The molecular weight excluding hydrogens is 244 g/mol. The van der Waals surface area contributed by atoms with Gasteiger partial charge in [0, 0.05) is 30.9 Å². The molecule has 1 saturated carbocycles. The van der Waals surface area contributed by atoms with Gasteiger partial charge in [-0.3, -0.25) is 4.90 Å². The van der Waals surface area contributed by atoms with E-state index in [9.17, 15) is 0 Å². The molecule has 0 radical (unpaired) electrons. The van der Waals surface area contributed by atoms with Gasteiger partial charge < -0.3 is 5.11 Å². The molecule has 16 heavy (non-hydrogen) atoms. The molecule has 0 saturated heterocycles. The second kappa shape index (κ2) is 5.96. The first-order chi connectivity index (χ1) is 7.83. The second-order valence-electron chi connectivity index (χ2n) is 4.11. The van der Waals surface area contributed by atoms with E-state index in [1.165, 1.54) is 12.8 Å². The van der Waals surface area contributed by atoms with E-state index >= 15 is 0 Å². The van der Waals surface area contributed by atoms with Crippen molar-refractivity contribution in [2.45, 2.75) is 31.2 Å². The monoisotopic (exact) mass is 260 g/mol. The average molecular weight is 261 g/mol. The highest BCUT2D eigenvalue weighted by Gasteiger charge is 2.28. The van der Waals surface area contributed by atoms with Crippen molar-refractivity contribution in [1.82, 2.24) is 9.88 Å². The van der Waals surface area contributed by atoms with Crippen molar-refractivity contribution >= 4 is 22.9 Å². The minimum absolute atomic E-state index is 0.251. The summed E-state index contributed by atoms with van der Waals surface area (Å²) in [5.41, 5.74) is 0.974. The van der Waals surface area contributed by atoms with E-state index in [0.29, 0.717) is 11.9 Å². The van der Waals surface area contributed by atoms with Gasteiger partial charge in [-0.2, -0.15) is 0 Å². The number of thiazole rings is 1. The summed E-state index contributed by atoms with van der Waals surface area (Å²) < 4.78 is 0. The molecule has 0 aromatic carbocycles. The van der Waals surface area contributed by atoms with Crippen LogP contribution in [0.1, 0.15) is 23.5 Å². The van der Waals surface area contributed by atoms with Crippen LogP contribution in [0.4, 0.5) is 0 Å². The summed E-state index contributed by atoms with van der Waals surface area (Å²) in [5, 5.41) is 12.2. The lowest BCUT2D eigenvalue weighted by atomic mass is 10.3. The molecular formula is C11H17ClN2OS. The number of nitrogens with zero attached hydrogens (tertiary/aromatic N) is 2. The first kappa shape index (κ1) is 12.3. The SMILES string of the molecule is OCCN(CCc1nc(CCl)cs1)C1CC1. The van der Waals surface area contributed by atoms with Crippen LogP contribution < -0.4 is 0 Å². The molecule has 0 bridgehead atoms. The summed E-state index contributed by atoms with van der Waals surface area (Å²) in [7, 11) is 0. The lowest BCUT2D eigenvalue weighted by molar-refractivity contribution is 0.190. The van der Waals surface area contributed by atoms with Gasteiger partial charge in [0.1, 0.15) is 0 Å². The third kappa shape index (κ3) is 3.42. The Kier molecular flexibility index (Phi) is 4.58. The van der Waals surface area contributed by atoms with Crippen molar-refractivity contribution in [2.24, 2.45) is 0 Å². The summed E-state index contributed by atoms with van der Waals surface area (Å²) in [6.07, 6.45) is 3.54. The predicted molar refractivity (Wildman–Crippen MR) is 67.1 cm³/mol. The maximum atomic E-state index is 8.98. The zero-order valence-corrected chi connectivity index (χ0v) is 10.8. The Labute approximate surface area is 105 Å². The van der Waals surface area contributed by atoms with Gasteiger partial charge >= 0.3 is 0 Å². The van der Waals surface area contributed by atoms with E-state index in [1.54, 1.807) is 11.3 Å². The van der Waals surface area contributed by atoms with Gasteiger partial charge in [0.2, 0.25) is 0 Å². The molecule has 1 aliphatic carbocycles. The maximum Gasteiger partial charge on any atom is 0.0941 e. The summed E-state index contributed by atoms with van der Waals surface area (Å²) in [5.74, 6) is 0.499. The van der Waals surface area contributed by atoms with Crippen LogP contribution in [0.25, 0.3) is 0 Å². The van der Waals surface area contributed by atoms with Crippen LogP contribution in [0.3, 0.4) is 0 Å². The van der Waals surface area contributed by atoms with Crippen LogP contribution in [-0.2, 0) is 12.3 Å². The number of hydrogen-bond acceptors (Lipinski definition) is 4. The van der Waals surface area contributed by atoms with Crippen LogP contribution in [0.15, 0.2) is 5.38 Å². The van der Waals surface area contributed by atoms with Crippen molar-refractivity contribution in [2.75, 3.05) is 19.7 Å². The second-order valence-corrected chi connectivity index (χ2v) is 5.32. The van der Waals surface area contributed by atoms with E-state index in [4.69, 9.17) is 16.7 Å². The Morgan fingerprint density at radius 2 is 2.31 bits per heavy atom. The molecule has 0 amide bonds. The first-order valence-electron chi connectivity index (χ1n) is 5.67. The highest BCUT2D eigenvalue weighted by Crippen LogP contribution is 2.26. The van der Waals surface area contributed by atoms with Crippen LogP contribution in [0, 0.1) is 0 Å². The Hall–Kier alpha value is -0.160. The molecule has 0 aliphatic heterocycles. The van der Waals surface area contributed by atoms with E-state index in [0.717, 1.165) is 30.2 Å². The smallest absolute Gasteiger partial charge is 0.0941 e. The zero-order chi connectivity index (χ0) is 11.4. The minimum atomic E-state index is 0.251. The fourth-order valence-corrected chi connectivity index (χ4v) is 2.83. The normalized spacial score (nSPS) is 15.9. The molecule has 3 nitrogen and oxygen atoms in total. The van der Waals surface area contributed by atoms with Crippen molar-refractivity contribution in [3.05, 3.63) is 16.1 Å². The standard InChI is InChI=1S/C11H17ClN2OS/c12-7-9-8-16-11(13-9)3-4-14(5-6-15)10-1-2-10/h8,10,15H,1-7H2. The number of alkyl halides is 1. The molecule has 1 aromatic rings. The summed E-state index contributed by atoms with van der Waals surface area (Å²) >= 11 is 7.40. The molecule has 0 spiro atoms. The molecule has 1 aromatic heterocycles. The van der Waals surface area contributed by atoms with E-state index < -0.39 is 0 Å². The van der Waals surface area contributed by atoms with Gasteiger partial charge in [-0.1, -0.05) is 0 Å². The fourth-order valence-electron chi connectivity index (χ4n) is 1.81. The van der Waals surface area contributed by atoms with Gasteiger partial charge in [0.05, 0.1) is 23.2 Å². The highest BCUT2D eigenvalue weighted by molar-refractivity contribution is 7.09. The molecule has 1 fully saturated rings. The van der Waals surface area contributed by atoms with Gasteiger partial charge in [-0.15, -0.1) is 22.9 Å². The van der Waals surface area contributed by atoms with Gasteiger partial charge in [0.15, 0.2) is 0 Å². The van der Waals surface area contributed by atoms with Crippen molar-refractivity contribution in [3.63, 3.8) is 0 Å². The van der Waals surface area contributed by atoms with Gasteiger partial charge in [0.25, 0.3) is 0 Å². The number of aliphatic hydroxyl groups is 1. The van der Waals surface area contributed by atoms with Crippen molar-refractivity contribution in [1.29, 1.82) is 0 Å². The summed E-state index contributed by atoms with van der Waals surface area (Å²) in [6.45, 7) is 2.04. The molecule has 0 unspecified atom stereocenters. The molecule has 1 heterocycles. The van der Waals surface area contributed by atoms with Gasteiger partial charge in [-0.05, 0) is 12.8 Å². The Bertz CT molecular complexity index is 328. The topological polar surface area (TPSA) is 36.4 Å². The maximum absolute atomic E-state index is 8.98. The van der Waals surface area contributed by atoms with E-state index in [2.05, 4.69) is 9.88 Å². The Balaban J connectivity index is 1.80. The molecule has 2 rings (SSSR count). The highest BCUT2D eigenvalue weighted by atomic mass is 35.5. The number of halogens is 1. The molecule has 1 aliphatic rings. The first-order valence-corrected chi connectivity index (χ1v) is 7.09. The number of rotatable bonds is 7. The van der Waals surface area contributed by atoms with E-state index in [1.807, 2.05) is 5.38 Å². The molecule has 90 valence electrons. The number of hydrogen-bond donors (Lipinski definition) is 1. The lowest BCUT2D eigenvalue weighted by Gasteiger charge is -2.19. The van der Waals surface area contributed by atoms with Crippen molar-refractivity contribution < 1.29 is 5.11 Å². The molecule has 1 N–H and O–H groups in total. The van der Waals surface area contributed by atoms with E-state index in [-0.39, 0.29) is 6.61 Å². The third-order valence-electron chi connectivity index (χ3n) is 2.80. The van der Waals surface area contributed by atoms with Crippen LogP contribution in [0.2, 0.25) is 0 Å². The number of aliphatic hydroxyl groups excluding tert-OH is 1. The van der Waals surface area contributed by atoms with Crippen LogP contribution in [-0.4, -0.2) is 40.7 Å². The predicted octanol–water partition coefficient (Wildman–Crippen LogP) is 1.88. The largest absolute Gasteiger partial charge is 0.395 e. The quantitative estimate of drug-likeness (QED) is 0.761. The van der Waals surface area contributed by atoms with Crippen LogP contribution >= 0.6 is 22.9 Å². The molecule has 0 atom stereocenters. The van der Waals surface area contributed by atoms with Gasteiger partial charge in [-0.25, -0.2) is 4.98 Å². The Morgan fingerprint density at radius 1 is 1.50 bits per heavy atom. The Morgan fingerprint density at radius 3 is 2.88 bits per heavy atom. The zero-order valence-electron chi connectivity index (χ0n) is 9.23. The lowest BCUT2D eigenvalue weighted by Crippen LogP contribution is -2.31. The van der Waals surface area contributed by atoms with Crippen LogP contribution in [0.5, 0.6) is 0 Å². The van der Waals surface area contributed by atoms with Crippen molar-refractivity contribution in [3.8, 4) is 0 Å².